The van der Waals surface area contributed by atoms with Crippen LogP contribution < -0.4 is 4.74 Å². The molecule has 2 atom stereocenters. The predicted octanol–water partition coefficient (Wildman–Crippen LogP) is 2.72. The van der Waals surface area contributed by atoms with E-state index in [4.69, 9.17) is 4.74 Å². The van der Waals surface area contributed by atoms with Crippen LogP contribution in [0, 0.1) is 17.8 Å². The highest BCUT2D eigenvalue weighted by molar-refractivity contribution is 5.79. The molecule has 0 aromatic heterocycles. The van der Waals surface area contributed by atoms with E-state index in [0.29, 0.717) is 38.6 Å². The molecule has 192 valence electrons. The van der Waals surface area contributed by atoms with Crippen molar-refractivity contribution in [1.29, 1.82) is 0 Å². The molecule has 0 spiro atoms. The van der Waals surface area contributed by atoms with Gasteiger partial charge in [-0.05, 0) is 37.3 Å². The van der Waals surface area contributed by atoms with E-state index in [0.717, 1.165) is 57.0 Å². The van der Waals surface area contributed by atoms with Gasteiger partial charge in [0.1, 0.15) is 12.4 Å². The molecule has 1 aromatic carbocycles. The van der Waals surface area contributed by atoms with E-state index in [1.807, 2.05) is 28.0 Å². The van der Waals surface area contributed by atoms with Crippen LogP contribution in [0.15, 0.2) is 36.4 Å². The summed E-state index contributed by atoms with van der Waals surface area (Å²) in [7, 11) is 2.11. The van der Waals surface area contributed by atoms with Crippen LogP contribution in [0.3, 0.4) is 0 Å². The number of ether oxygens (including phenoxy) is 1. The van der Waals surface area contributed by atoms with Crippen molar-refractivity contribution in [3.05, 3.63) is 42.0 Å². The average molecular weight is 483 g/mol. The smallest absolute Gasteiger partial charge is 0.236 e. The zero-order valence-corrected chi connectivity index (χ0v) is 21.7. The van der Waals surface area contributed by atoms with E-state index in [1.165, 1.54) is 0 Å². The van der Waals surface area contributed by atoms with Crippen LogP contribution in [0.1, 0.15) is 32.3 Å². The van der Waals surface area contributed by atoms with Crippen molar-refractivity contribution in [1.82, 2.24) is 19.6 Å². The number of hydrogen-bond donors (Lipinski definition) is 0. The molecule has 4 rings (SSSR count). The van der Waals surface area contributed by atoms with Gasteiger partial charge in [-0.25, -0.2) is 0 Å². The molecular weight excluding hydrogens is 440 g/mol. The summed E-state index contributed by atoms with van der Waals surface area (Å²) < 4.78 is 6.15. The Morgan fingerprint density at radius 3 is 2.63 bits per heavy atom. The van der Waals surface area contributed by atoms with Gasteiger partial charge in [0.25, 0.3) is 0 Å². The molecule has 3 heterocycles. The molecule has 0 aliphatic carbocycles. The quantitative estimate of drug-likeness (QED) is 0.618. The lowest BCUT2D eigenvalue weighted by molar-refractivity contribution is -0.136. The summed E-state index contributed by atoms with van der Waals surface area (Å²) in [6.07, 6.45) is 5.69. The number of benzene rings is 1. The topological polar surface area (TPSA) is 56.3 Å². The monoisotopic (exact) mass is 482 g/mol. The first kappa shape index (κ1) is 25.7. The largest absolute Gasteiger partial charge is 0.489 e. The van der Waals surface area contributed by atoms with Gasteiger partial charge in [0.2, 0.25) is 11.8 Å². The van der Waals surface area contributed by atoms with Crippen LogP contribution >= 0.6 is 0 Å². The summed E-state index contributed by atoms with van der Waals surface area (Å²) in [4.78, 5) is 35.0. The van der Waals surface area contributed by atoms with Crippen molar-refractivity contribution in [3.63, 3.8) is 0 Å². The Labute approximate surface area is 210 Å². The molecule has 35 heavy (non-hydrogen) atoms. The highest BCUT2D eigenvalue weighted by Gasteiger charge is 2.33. The van der Waals surface area contributed by atoms with Gasteiger partial charge >= 0.3 is 0 Å². The maximum atomic E-state index is 13.4. The summed E-state index contributed by atoms with van der Waals surface area (Å²) in [5, 5.41) is 0. The molecule has 0 N–H and O–H groups in total. The Bertz CT molecular complexity index is 894. The maximum Gasteiger partial charge on any atom is 0.236 e. The van der Waals surface area contributed by atoms with Crippen LogP contribution in [0.5, 0.6) is 5.75 Å². The van der Waals surface area contributed by atoms with Crippen LogP contribution in [0.25, 0.3) is 0 Å². The van der Waals surface area contributed by atoms with Gasteiger partial charge < -0.3 is 19.4 Å². The second-order valence-corrected chi connectivity index (χ2v) is 10.9. The van der Waals surface area contributed by atoms with E-state index in [9.17, 15) is 9.59 Å². The highest BCUT2D eigenvalue weighted by atomic mass is 16.5. The molecule has 0 radical (unpaired) electrons. The summed E-state index contributed by atoms with van der Waals surface area (Å²) in [5.74, 6) is 2.21. The number of rotatable bonds is 4. The Morgan fingerprint density at radius 1 is 1.09 bits per heavy atom. The fraction of sp³-hybridized carbons (Fsp3) is 0.643. The summed E-state index contributed by atoms with van der Waals surface area (Å²) in [5.41, 5.74) is 1.11. The third-order valence-corrected chi connectivity index (χ3v) is 7.52. The van der Waals surface area contributed by atoms with Gasteiger partial charge in [0, 0.05) is 64.3 Å². The number of carbonyl (C=O) groups is 2. The molecule has 7 nitrogen and oxygen atoms in total. The minimum Gasteiger partial charge on any atom is -0.489 e. The van der Waals surface area contributed by atoms with E-state index < -0.39 is 0 Å². The Morgan fingerprint density at radius 2 is 1.86 bits per heavy atom. The molecule has 3 aliphatic heterocycles. The number of para-hydroxylation sites is 1. The lowest BCUT2D eigenvalue weighted by Crippen LogP contribution is -2.50. The predicted molar refractivity (Wildman–Crippen MR) is 138 cm³/mol. The second-order valence-electron chi connectivity index (χ2n) is 10.9. The molecule has 2 amide bonds. The summed E-state index contributed by atoms with van der Waals surface area (Å²) in [6.45, 7) is 11.7. The number of likely N-dealkylation sites (N-methyl/N-ethyl adjacent to an activating group) is 1. The molecule has 1 aromatic rings. The molecule has 3 aliphatic rings. The lowest BCUT2D eigenvalue weighted by Gasteiger charge is -2.39. The average Bonchev–Trinajstić information content (AvgIpc) is 2.83. The standard InChI is InChI=1S/C28H42N4O3/c1-22(2)18-30-19-25-7-4-5-9-26(25)35-16-6-8-24-20-32(28(34)21-30)11-10-23(24)17-27(33)31-14-12-29(3)13-15-31/h4-9,22-24H,10-21H2,1-3H3/t23-,24-/m0/s1. The molecule has 7 heteroatoms. The number of piperazine rings is 1. The normalized spacial score (nSPS) is 24.9. The van der Waals surface area contributed by atoms with Gasteiger partial charge in [-0.15, -0.1) is 0 Å². The molecule has 0 saturated carbocycles. The first-order valence-electron chi connectivity index (χ1n) is 13.2. The fourth-order valence-electron chi connectivity index (χ4n) is 5.51. The number of fused-ring (bicyclic) bond motifs is 3. The van der Waals surface area contributed by atoms with Gasteiger partial charge in [-0.3, -0.25) is 14.5 Å². The van der Waals surface area contributed by atoms with Crippen molar-refractivity contribution in [2.45, 2.75) is 33.2 Å². The lowest BCUT2D eigenvalue weighted by atomic mass is 9.82. The zero-order chi connectivity index (χ0) is 24.8. The van der Waals surface area contributed by atoms with E-state index in [-0.39, 0.29) is 23.7 Å². The van der Waals surface area contributed by atoms with Crippen LogP contribution in [0.4, 0.5) is 0 Å². The number of piperidine rings is 1. The van der Waals surface area contributed by atoms with E-state index in [1.54, 1.807) is 0 Å². The maximum absolute atomic E-state index is 13.4. The number of amides is 2. The third kappa shape index (κ3) is 7.07. The van der Waals surface area contributed by atoms with Crippen LogP contribution in [-0.4, -0.2) is 97.4 Å². The Hall–Kier alpha value is -2.38. The van der Waals surface area contributed by atoms with Gasteiger partial charge in [0.15, 0.2) is 0 Å². The van der Waals surface area contributed by atoms with Crippen LogP contribution in [0.2, 0.25) is 0 Å². The summed E-state index contributed by atoms with van der Waals surface area (Å²) in [6, 6.07) is 8.13. The third-order valence-electron chi connectivity index (χ3n) is 7.52. The first-order chi connectivity index (χ1) is 16.9. The second kappa shape index (κ2) is 12.0. The molecular formula is C28H42N4O3. The van der Waals surface area contributed by atoms with Crippen molar-refractivity contribution < 1.29 is 14.3 Å². The van der Waals surface area contributed by atoms with Crippen molar-refractivity contribution in [3.8, 4) is 5.75 Å². The number of nitrogens with zero attached hydrogens (tertiary/aromatic N) is 4. The van der Waals surface area contributed by atoms with Crippen LogP contribution in [-0.2, 0) is 16.1 Å². The SMILES string of the molecule is CC(C)CN1CC(=O)N2CC[C@@H](CC(=O)N3CCN(C)CC3)[C@@H](C=CCOc3ccccc3C1)C2. The highest BCUT2D eigenvalue weighted by Crippen LogP contribution is 2.30. The van der Waals surface area contributed by atoms with E-state index in [2.05, 4.69) is 48.9 Å². The summed E-state index contributed by atoms with van der Waals surface area (Å²) >= 11 is 0. The zero-order valence-electron chi connectivity index (χ0n) is 21.7. The first-order valence-corrected chi connectivity index (χ1v) is 13.2. The van der Waals surface area contributed by atoms with E-state index >= 15 is 0 Å². The fourth-order valence-corrected chi connectivity index (χ4v) is 5.51. The van der Waals surface area contributed by atoms with Gasteiger partial charge in [0.05, 0.1) is 6.54 Å². The Balaban J connectivity index is 1.49. The van der Waals surface area contributed by atoms with Gasteiger partial charge in [-0.2, -0.15) is 0 Å². The minimum absolute atomic E-state index is 0.169. The molecule has 2 bridgehead atoms. The minimum atomic E-state index is 0.169. The molecule has 0 unspecified atom stereocenters. The Kier molecular flexibility index (Phi) is 8.84. The van der Waals surface area contributed by atoms with Crippen molar-refractivity contribution in [2.75, 3.05) is 66.0 Å². The van der Waals surface area contributed by atoms with Gasteiger partial charge in [-0.1, -0.05) is 44.2 Å². The van der Waals surface area contributed by atoms with Crippen molar-refractivity contribution >= 4 is 11.8 Å². The number of hydrogen-bond acceptors (Lipinski definition) is 5. The van der Waals surface area contributed by atoms with Crippen molar-refractivity contribution in [2.24, 2.45) is 17.8 Å². The molecule has 2 fully saturated rings. The molecule has 2 saturated heterocycles. The number of carbonyl (C=O) groups excluding carboxylic acids is 2.